The van der Waals surface area contributed by atoms with Gasteiger partial charge in [0.05, 0.1) is 20.4 Å². The number of aromatic hydroxyl groups is 1. The van der Waals surface area contributed by atoms with Crippen molar-refractivity contribution in [2.45, 2.75) is 38.6 Å². The lowest BCUT2D eigenvalue weighted by molar-refractivity contribution is 0.308. The van der Waals surface area contributed by atoms with Gasteiger partial charge in [0.25, 0.3) is 0 Å². The molecule has 132 valence electrons. The molecule has 1 aromatic rings. The van der Waals surface area contributed by atoms with E-state index in [1.165, 1.54) is 33.5 Å². The molecule has 2 atom stereocenters. The van der Waals surface area contributed by atoms with Crippen molar-refractivity contribution >= 4 is 23.5 Å². The summed E-state index contributed by atoms with van der Waals surface area (Å²) in [6, 6.07) is 3.74. The van der Waals surface area contributed by atoms with Crippen LogP contribution in [-0.2, 0) is 0 Å². The second-order valence-electron chi connectivity index (χ2n) is 5.99. The first-order valence-electron chi connectivity index (χ1n) is 8.09. The van der Waals surface area contributed by atoms with Gasteiger partial charge in [-0.05, 0) is 43.1 Å². The Balaban J connectivity index is 1.94. The van der Waals surface area contributed by atoms with E-state index in [-0.39, 0.29) is 5.75 Å². The SMILES string of the molecule is COc1cc(/C=N/NC(=S)N[C@H]2CCCC[C@@H]2C)cc(OC)c1O. The zero-order valence-electron chi connectivity index (χ0n) is 14.3. The highest BCUT2D eigenvalue weighted by molar-refractivity contribution is 7.80. The van der Waals surface area contributed by atoms with Gasteiger partial charge in [0.2, 0.25) is 5.75 Å². The number of hydrogen-bond acceptors (Lipinski definition) is 5. The molecule has 2 rings (SSSR count). The lowest BCUT2D eigenvalue weighted by Crippen LogP contribution is -2.44. The summed E-state index contributed by atoms with van der Waals surface area (Å²) >= 11 is 5.30. The average molecular weight is 351 g/mol. The Morgan fingerprint density at radius 3 is 2.46 bits per heavy atom. The molecule has 1 fully saturated rings. The molecule has 6 nitrogen and oxygen atoms in total. The molecule has 0 heterocycles. The summed E-state index contributed by atoms with van der Waals surface area (Å²) in [5.74, 6) is 1.24. The molecule has 0 unspecified atom stereocenters. The Bertz CT molecular complexity index is 582. The molecule has 1 aliphatic rings. The third kappa shape index (κ3) is 4.74. The maximum atomic E-state index is 9.89. The van der Waals surface area contributed by atoms with Crippen LogP contribution in [0.4, 0.5) is 0 Å². The molecule has 1 saturated carbocycles. The molecule has 0 aliphatic heterocycles. The molecule has 7 heteroatoms. The molecular weight excluding hydrogens is 326 g/mol. The van der Waals surface area contributed by atoms with Crippen molar-refractivity contribution in [2.75, 3.05) is 14.2 Å². The second-order valence-corrected chi connectivity index (χ2v) is 6.39. The van der Waals surface area contributed by atoms with Crippen molar-refractivity contribution in [3.8, 4) is 17.2 Å². The van der Waals surface area contributed by atoms with Crippen molar-refractivity contribution in [2.24, 2.45) is 11.0 Å². The van der Waals surface area contributed by atoms with Crippen LogP contribution in [0.25, 0.3) is 0 Å². The Kier molecular flexibility index (Phi) is 6.66. The van der Waals surface area contributed by atoms with Gasteiger partial charge in [-0.1, -0.05) is 19.8 Å². The number of nitrogens with zero attached hydrogens (tertiary/aromatic N) is 1. The molecule has 24 heavy (non-hydrogen) atoms. The molecule has 0 radical (unpaired) electrons. The Morgan fingerprint density at radius 1 is 1.25 bits per heavy atom. The first-order valence-corrected chi connectivity index (χ1v) is 8.50. The van der Waals surface area contributed by atoms with E-state index in [1.807, 2.05) is 0 Å². The molecule has 0 bridgehead atoms. The zero-order chi connectivity index (χ0) is 17.5. The predicted molar refractivity (Wildman–Crippen MR) is 99.1 cm³/mol. The third-order valence-electron chi connectivity index (χ3n) is 4.31. The van der Waals surface area contributed by atoms with E-state index in [9.17, 15) is 5.11 Å². The number of methoxy groups -OCH3 is 2. The van der Waals surface area contributed by atoms with Crippen molar-refractivity contribution in [3.63, 3.8) is 0 Å². The lowest BCUT2D eigenvalue weighted by Gasteiger charge is -2.30. The van der Waals surface area contributed by atoms with Gasteiger partial charge in [-0.2, -0.15) is 5.10 Å². The molecule has 1 aromatic carbocycles. The van der Waals surface area contributed by atoms with Crippen LogP contribution in [0.3, 0.4) is 0 Å². The number of phenolic OH excluding ortho intramolecular Hbond substituents is 1. The first kappa shape index (κ1) is 18.3. The lowest BCUT2D eigenvalue weighted by atomic mass is 9.86. The first-order chi connectivity index (χ1) is 11.5. The Labute approximate surface area is 148 Å². The molecule has 3 N–H and O–H groups in total. The minimum Gasteiger partial charge on any atom is -0.502 e. The monoisotopic (exact) mass is 351 g/mol. The minimum atomic E-state index is -0.0337. The van der Waals surface area contributed by atoms with Crippen molar-refractivity contribution < 1.29 is 14.6 Å². The van der Waals surface area contributed by atoms with Gasteiger partial charge in [-0.25, -0.2) is 0 Å². The fourth-order valence-electron chi connectivity index (χ4n) is 2.89. The molecule has 0 aromatic heterocycles. The maximum Gasteiger partial charge on any atom is 0.200 e. The summed E-state index contributed by atoms with van der Waals surface area (Å²) in [7, 11) is 2.97. The van der Waals surface area contributed by atoms with Gasteiger partial charge in [0.1, 0.15) is 0 Å². The molecular formula is C17H25N3O3S. The van der Waals surface area contributed by atoms with E-state index in [0.717, 1.165) is 12.0 Å². The number of ether oxygens (including phenoxy) is 2. The third-order valence-corrected chi connectivity index (χ3v) is 4.52. The van der Waals surface area contributed by atoms with Crippen LogP contribution in [-0.4, -0.2) is 36.7 Å². The zero-order valence-corrected chi connectivity index (χ0v) is 15.2. The largest absolute Gasteiger partial charge is 0.502 e. The van der Waals surface area contributed by atoms with Crippen LogP contribution >= 0.6 is 12.2 Å². The number of rotatable bonds is 5. The average Bonchev–Trinajstić information content (AvgIpc) is 2.58. The molecule has 0 amide bonds. The van der Waals surface area contributed by atoms with Crippen molar-refractivity contribution in [1.29, 1.82) is 0 Å². The highest BCUT2D eigenvalue weighted by Crippen LogP contribution is 2.36. The van der Waals surface area contributed by atoms with Crippen LogP contribution in [0.15, 0.2) is 17.2 Å². The number of hydrogen-bond donors (Lipinski definition) is 3. The summed E-state index contributed by atoms with van der Waals surface area (Å²) in [6.45, 7) is 2.25. The molecule has 0 spiro atoms. The topological polar surface area (TPSA) is 75.1 Å². The van der Waals surface area contributed by atoms with E-state index in [2.05, 4.69) is 22.8 Å². The van der Waals surface area contributed by atoms with E-state index < -0.39 is 0 Å². The highest BCUT2D eigenvalue weighted by atomic mass is 32.1. The maximum absolute atomic E-state index is 9.89. The van der Waals surface area contributed by atoms with E-state index in [1.54, 1.807) is 18.3 Å². The molecule has 1 aliphatic carbocycles. The quantitative estimate of drug-likeness (QED) is 0.430. The minimum absolute atomic E-state index is 0.0337. The standard InChI is InChI=1S/C17H25N3O3S/c1-11-6-4-5-7-13(11)19-17(24)20-18-10-12-8-14(22-2)16(21)15(9-12)23-3/h8-11,13,21H,4-7H2,1-3H3,(H2,19,20,24)/b18-10+/t11-,13-/m0/s1. The van der Waals surface area contributed by atoms with Crippen molar-refractivity contribution in [1.82, 2.24) is 10.7 Å². The van der Waals surface area contributed by atoms with Gasteiger partial charge < -0.3 is 19.9 Å². The fraction of sp³-hybridized carbons (Fsp3) is 0.529. The predicted octanol–water partition coefficient (Wildman–Crippen LogP) is 2.79. The fourth-order valence-corrected chi connectivity index (χ4v) is 3.09. The summed E-state index contributed by atoms with van der Waals surface area (Å²) in [5.41, 5.74) is 3.56. The second kappa shape index (κ2) is 8.73. The summed E-state index contributed by atoms with van der Waals surface area (Å²) in [5, 5.41) is 17.9. The number of phenols is 1. The van der Waals surface area contributed by atoms with Gasteiger partial charge in [-0.3, -0.25) is 5.43 Å². The summed E-state index contributed by atoms with van der Waals surface area (Å²) in [4.78, 5) is 0. The Morgan fingerprint density at radius 2 is 1.88 bits per heavy atom. The number of benzene rings is 1. The number of thiocarbonyl (C=S) groups is 1. The van der Waals surface area contributed by atoms with E-state index in [4.69, 9.17) is 21.7 Å². The van der Waals surface area contributed by atoms with Gasteiger partial charge >= 0.3 is 0 Å². The van der Waals surface area contributed by atoms with Crippen LogP contribution in [0.2, 0.25) is 0 Å². The normalized spacial score (nSPS) is 20.6. The highest BCUT2D eigenvalue weighted by Gasteiger charge is 2.21. The van der Waals surface area contributed by atoms with Crippen LogP contribution in [0, 0.1) is 5.92 Å². The van der Waals surface area contributed by atoms with Crippen LogP contribution < -0.4 is 20.2 Å². The van der Waals surface area contributed by atoms with Gasteiger partial charge in [-0.15, -0.1) is 0 Å². The van der Waals surface area contributed by atoms with Gasteiger partial charge in [0.15, 0.2) is 16.6 Å². The van der Waals surface area contributed by atoms with Crippen LogP contribution in [0.1, 0.15) is 38.2 Å². The van der Waals surface area contributed by atoms with Crippen LogP contribution in [0.5, 0.6) is 17.2 Å². The smallest absolute Gasteiger partial charge is 0.200 e. The number of nitrogens with one attached hydrogen (secondary N) is 2. The number of hydrazone groups is 1. The van der Waals surface area contributed by atoms with E-state index >= 15 is 0 Å². The Hall–Kier alpha value is -2.02. The summed E-state index contributed by atoms with van der Waals surface area (Å²) in [6.07, 6.45) is 6.50. The van der Waals surface area contributed by atoms with Gasteiger partial charge in [0, 0.05) is 11.6 Å². The van der Waals surface area contributed by atoms with Crippen molar-refractivity contribution in [3.05, 3.63) is 17.7 Å². The molecule has 0 saturated heterocycles. The van der Waals surface area contributed by atoms with E-state index in [0.29, 0.717) is 28.6 Å². The summed E-state index contributed by atoms with van der Waals surface area (Å²) < 4.78 is 10.2.